The highest BCUT2D eigenvalue weighted by molar-refractivity contribution is 6.09. The first-order valence-electron chi connectivity index (χ1n) is 9.71. The number of hydrogen-bond donors (Lipinski definition) is 1. The summed E-state index contributed by atoms with van der Waals surface area (Å²) in [7, 11) is 0. The summed E-state index contributed by atoms with van der Waals surface area (Å²) in [6, 6.07) is 20.0. The first kappa shape index (κ1) is 20.2. The van der Waals surface area contributed by atoms with Crippen LogP contribution in [-0.4, -0.2) is 10.5 Å². The molecule has 0 aliphatic heterocycles. The van der Waals surface area contributed by atoms with E-state index in [0.717, 1.165) is 34.6 Å². The number of benzene rings is 2. The van der Waals surface area contributed by atoms with E-state index in [1.165, 1.54) is 5.56 Å². The van der Waals surface area contributed by atoms with E-state index >= 15 is 0 Å². The van der Waals surface area contributed by atoms with Gasteiger partial charge in [-0.3, -0.25) is 4.79 Å². The molecule has 0 spiro atoms. The van der Waals surface area contributed by atoms with Crippen LogP contribution in [0.5, 0.6) is 0 Å². The summed E-state index contributed by atoms with van der Waals surface area (Å²) in [4.78, 5) is 12.6. The van der Waals surface area contributed by atoms with E-state index in [4.69, 9.17) is 0 Å². The lowest BCUT2D eigenvalue weighted by Gasteiger charge is -2.10. The van der Waals surface area contributed by atoms with Crippen LogP contribution in [0.1, 0.15) is 35.0 Å². The monoisotopic (exact) mass is 383 g/mol. The van der Waals surface area contributed by atoms with Crippen molar-refractivity contribution in [1.82, 2.24) is 4.57 Å². The third kappa shape index (κ3) is 4.47. The molecular weight excluding hydrogens is 358 g/mol. The number of hydrogen-bond acceptors (Lipinski definition) is 2. The fraction of sp³-hybridized carbons (Fsp3) is 0.200. The molecule has 0 aliphatic rings. The molecule has 3 rings (SSSR count). The van der Waals surface area contributed by atoms with Gasteiger partial charge in [0.1, 0.15) is 11.6 Å². The molecule has 3 aromatic rings. The van der Waals surface area contributed by atoms with Crippen molar-refractivity contribution in [3.05, 3.63) is 88.2 Å². The first-order chi connectivity index (χ1) is 13.9. The molecular formula is C25H25N3O. The zero-order chi connectivity index (χ0) is 21.0. The average molecular weight is 383 g/mol. The van der Waals surface area contributed by atoms with Gasteiger partial charge in [-0.25, -0.2) is 0 Å². The lowest BCUT2D eigenvalue weighted by atomic mass is 10.1. The van der Waals surface area contributed by atoms with Crippen molar-refractivity contribution in [2.24, 2.45) is 0 Å². The highest BCUT2D eigenvalue weighted by Crippen LogP contribution is 2.23. The molecule has 0 unspecified atom stereocenters. The highest BCUT2D eigenvalue weighted by Gasteiger charge is 2.14. The number of rotatable bonds is 5. The molecule has 1 aromatic heterocycles. The molecule has 0 radical (unpaired) electrons. The Kier molecular flexibility index (Phi) is 5.99. The Bertz CT molecular complexity index is 1090. The van der Waals surface area contributed by atoms with Crippen molar-refractivity contribution in [2.45, 2.75) is 34.1 Å². The molecule has 146 valence electrons. The summed E-state index contributed by atoms with van der Waals surface area (Å²) < 4.78 is 2.14. The summed E-state index contributed by atoms with van der Waals surface area (Å²) in [6.07, 6.45) is 2.66. The average Bonchev–Trinajstić information content (AvgIpc) is 3.00. The number of nitriles is 1. The van der Waals surface area contributed by atoms with Crippen LogP contribution in [-0.2, 0) is 11.2 Å². The number of aryl methyl sites for hydroxylation is 3. The van der Waals surface area contributed by atoms with Gasteiger partial charge in [0.15, 0.2) is 0 Å². The number of nitrogens with one attached hydrogen (secondary N) is 1. The van der Waals surface area contributed by atoms with Gasteiger partial charge in [-0.1, -0.05) is 36.8 Å². The Hall–Kier alpha value is -3.58. The number of aromatic nitrogens is 1. The van der Waals surface area contributed by atoms with Gasteiger partial charge < -0.3 is 9.88 Å². The fourth-order valence-electron chi connectivity index (χ4n) is 3.35. The number of nitrogens with zero attached hydrogens (tertiary/aromatic N) is 2. The minimum absolute atomic E-state index is 0.0761. The van der Waals surface area contributed by atoms with E-state index in [-0.39, 0.29) is 5.57 Å². The van der Waals surface area contributed by atoms with Gasteiger partial charge in [-0.2, -0.15) is 5.26 Å². The Balaban J connectivity index is 1.90. The zero-order valence-corrected chi connectivity index (χ0v) is 17.3. The van der Waals surface area contributed by atoms with E-state index in [9.17, 15) is 10.1 Å². The third-order valence-electron chi connectivity index (χ3n) is 5.05. The van der Waals surface area contributed by atoms with Crippen molar-refractivity contribution >= 4 is 17.7 Å². The zero-order valence-electron chi connectivity index (χ0n) is 17.3. The molecule has 4 nitrogen and oxygen atoms in total. The molecule has 0 fully saturated rings. The van der Waals surface area contributed by atoms with E-state index in [2.05, 4.69) is 41.1 Å². The second-order valence-corrected chi connectivity index (χ2v) is 7.17. The maximum Gasteiger partial charge on any atom is 0.266 e. The molecule has 1 heterocycles. The lowest BCUT2D eigenvalue weighted by Crippen LogP contribution is -2.13. The number of carbonyl (C=O) groups is 1. The molecule has 1 amide bonds. The van der Waals surface area contributed by atoms with Crippen LogP contribution in [0, 0.1) is 32.1 Å². The Morgan fingerprint density at radius 2 is 1.72 bits per heavy atom. The lowest BCUT2D eigenvalue weighted by molar-refractivity contribution is -0.112. The SMILES string of the molecule is CCc1ccc(-n2c(C)cc(/C=C(/C#N)C(=O)Nc3ccc(C)cc3)c2C)cc1. The highest BCUT2D eigenvalue weighted by atomic mass is 16.1. The summed E-state index contributed by atoms with van der Waals surface area (Å²) in [5.74, 6) is -0.409. The van der Waals surface area contributed by atoms with Crippen LogP contribution < -0.4 is 5.32 Å². The predicted molar refractivity (Wildman–Crippen MR) is 118 cm³/mol. The molecule has 0 aliphatic carbocycles. The van der Waals surface area contributed by atoms with Crippen molar-refractivity contribution in [3.63, 3.8) is 0 Å². The van der Waals surface area contributed by atoms with Crippen LogP contribution in [0.25, 0.3) is 11.8 Å². The van der Waals surface area contributed by atoms with Crippen LogP contribution in [0.2, 0.25) is 0 Å². The van der Waals surface area contributed by atoms with Crippen LogP contribution >= 0.6 is 0 Å². The molecule has 2 aromatic carbocycles. The minimum Gasteiger partial charge on any atom is -0.321 e. The van der Waals surface area contributed by atoms with Crippen LogP contribution in [0.15, 0.2) is 60.2 Å². The Labute approximate surface area is 172 Å². The summed E-state index contributed by atoms with van der Waals surface area (Å²) in [6.45, 7) is 8.14. The van der Waals surface area contributed by atoms with Crippen molar-refractivity contribution in [1.29, 1.82) is 5.26 Å². The number of amides is 1. The molecule has 4 heteroatoms. The number of carbonyl (C=O) groups excluding carboxylic acids is 1. The topological polar surface area (TPSA) is 57.8 Å². The van der Waals surface area contributed by atoms with Gasteiger partial charge in [-0.15, -0.1) is 0 Å². The first-order valence-corrected chi connectivity index (χ1v) is 9.71. The van der Waals surface area contributed by atoms with Gasteiger partial charge in [0.05, 0.1) is 0 Å². The van der Waals surface area contributed by atoms with E-state index < -0.39 is 5.91 Å². The standard InChI is InChI=1S/C25H25N3O/c1-5-20-8-12-24(13-9-20)28-18(3)14-21(19(28)4)15-22(16-26)25(29)27-23-10-6-17(2)7-11-23/h6-15H,5H2,1-4H3,(H,27,29)/b22-15-. The summed E-state index contributed by atoms with van der Waals surface area (Å²) >= 11 is 0. The van der Waals surface area contributed by atoms with Gasteiger partial charge in [0.25, 0.3) is 5.91 Å². The third-order valence-corrected chi connectivity index (χ3v) is 5.05. The van der Waals surface area contributed by atoms with E-state index in [1.807, 2.05) is 57.2 Å². The smallest absolute Gasteiger partial charge is 0.266 e. The summed E-state index contributed by atoms with van der Waals surface area (Å²) in [5.41, 5.74) is 7.11. The minimum atomic E-state index is -0.409. The second kappa shape index (κ2) is 8.62. The molecule has 0 atom stereocenters. The largest absolute Gasteiger partial charge is 0.321 e. The van der Waals surface area contributed by atoms with Gasteiger partial charge >= 0.3 is 0 Å². The van der Waals surface area contributed by atoms with Crippen molar-refractivity contribution in [2.75, 3.05) is 5.32 Å². The fourth-order valence-corrected chi connectivity index (χ4v) is 3.35. The predicted octanol–water partition coefficient (Wildman–Crippen LogP) is 5.51. The van der Waals surface area contributed by atoms with Gasteiger partial charge in [0.2, 0.25) is 0 Å². The van der Waals surface area contributed by atoms with E-state index in [0.29, 0.717) is 5.69 Å². The van der Waals surface area contributed by atoms with Crippen molar-refractivity contribution < 1.29 is 4.79 Å². The maximum absolute atomic E-state index is 12.6. The quantitative estimate of drug-likeness (QED) is 0.466. The van der Waals surface area contributed by atoms with Crippen LogP contribution in [0.4, 0.5) is 5.69 Å². The molecule has 0 bridgehead atoms. The number of anilines is 1. The van der Waals surface area contributed by atoms with Crippen LogP contribution in [0.3, 0.4) is 0 Å². The van der Waals surface area contributed by atoms with Crippen molar-refractivity contribution in [3.8, 4) is 11.8 Å². The van der Waals surface area contributed by atoms with E-state index in [1.54, 1.807) is 6.08 Å². The Morgan fingerprint density at radius 3 is 2.31 bits per heavy atom. The second-order valence-electron chi connectivity index (χ2n) is 7.17. The molecule has 29 heavy (non-hydrogen) atoms. The summed E-state index contributed by atoms with van der Waals surface area (Å²) in [5, 5.41) is 12.3. The molecule has 0 saturated carbocycles. The Morgan fingerprint density at radius 1 is 1.07 bits per heavy atom. The molecule has 0 saturated heterocycles. The normalized spacial score (nSPS) is 11.2. The maximum atomic E-state index is 12.6. The molecule has 1 N–H and O–H groups in total. The van der Waals surface area contributed by atoms with Gasteiger partial charge in [-0.05, 0) is 74.7 Å². The van der Waals surface area contributed by atoms with Gasteiger partial charge in [0, 0.05) is 22.8 Å².